The molecule has 4 N–H and O–H groups in total. The molecule has 5 heteroatoms. The summed E-state index contributed by atoms with van der Waals surface area (Å²) >= 11 is 0. The number of nitrogens with one attached hydrogen (secondary N) is 1. The Morgan fingerprint density at radius 3 is 2.77 bits per heavy atom. The van der Waals surface area contributed by atoms with E-state index < -0.39 is 17.4 Å². The average molecular weight is 183 g/mol. The highest BCUT2D eigenvalue weighted by Crippen LogP contribution is 2.29. The van der Waals surface area contributed by atoms with Crippen LogP contribution < -0.4 is 5.73 Å². The molecule has 0 spiro atoms. The highest BCUT2D eigenvalue weighted by molar-refractivity contribution is 5.74. The minimum absolute atomic E-state index is 0.493. The molecule has 0 bridgehead atoms. The number of H-pyrrole nitrogens is 1. The Morgan fingerprint density at radius 2 is 2.38 bits per heavy atom. The first-order valence-corrected chi connectivity index (χ1v) is 3.94. The molecular weight excluding hydrogens is 170 g/mol. The van der Waals surface area contributed by atoms with Gasteiger partial charge in [-0.15, -0.1) is 0 Å². The number of aliphatic carboxylic acids is 1. The van der Waals surface area contributed by atoms with Crippen LogP contribution in [0.5, 0.6) is 0 Å². The van der Waals surface area contributed by atoms with E-state index in [-0.39, 0.29) is 0 Å². The molecule has 1 aromatic rings. The number of aromatic amines is 1. The van der Waals surface area contributed by atoms with Crippen molar-refractivity contribution < 1.29 is 9.90 Å². The van der Waals surface area contributed by atoms with Gasteiger partial charge in [0.25, 0.3) is 0 Å². The second-order valence-corrected chi connectivity index (χ2v) is 3.48. The predicted molar refractivity (Wildman–Crippen MR) is 46.9 cm³/mol. The van der Waals surface area contributed by atoms with Crippen LogP contribution in [-0.2, 0) is 4.79 Å². The fourth-order valence-corrected chi connectivity index (χ4v) is 0.922. The van der Waals surface area contributed by atoms with Crippen LogP contribution in [0.15, 0.2) is 12.4 Å². The molecule has 1 heterocycles. The fraction of sp³-hybridized carbons (Fsp3) is 0.500. The first-order valence-electron chi connectivity index (χ1n) is 3.94. The van der Waals surface area contributed by atoms with E-state index in [2.05, 4.69) is 9.97 Å². The van der Waals surface area contributed by atoms with Crippen LogP contribution in [0.1, 0.15) is 25.7 Å². The van der Waals surface area contributed by atoms with E-state index in [9.17, 15) is 4.79 Å². The quantitative estimate of drug-likeness (QED) is 0.637. The van der Waals surface area contributed by atoms with E-state index in [1.807, 2.05) is 0 Å². The van der Waals surface area contributed by atoms with Gasteiger partial charge in [0.15, 0.2) is 0 Å². The zero-order valence-corrected chi connectivity index (χ0v) is 7.61. The Bertz CT molecular complexity index is 292. The molecule has 0 aliphatic heterocycles. The van der Waals surface area contributed by atoms with Gasteiger partial charge in [-0.25, -0.2) is 4.98 Å². The molecule has 0 amide bonds. The van der Waals surface area contributed by atoms with Gasteiger partial charge in [0.05, 0.1) is 11.5 Å². The topological polar surface area (TPSA) is 92.0 Å². The molecule has 1 atom stereocenters. The second-order valence-electron chi connectivity index (χ2n) is 3.48. The molecule has 0 unspecified atom stereocenters. The molecule has 13 heavy (non-hydrogen) atoms. The van der Waals surface area contributed by atoms with Crippen molar-refractivity contribution in [2.75, 3.05) is 0 Å². The van der Waals surface area contributed by atoms with Gasteiger partial charge >= 0.3 is 5.97 Å². The molecule has 0 aliphatic rings. The van der Waals surface area contributed by atoms with Crippen molar-refractivity contribution in [3.05, 3.63) is 18.2 Å². The third kappa shape index (κ3) is 1.70. The highest BCUT2D eigenvalue weighted by Gasteiger charge is 2.36. The fourth-order valence-electron chi connectivity index (χ4n) is 0.922. The number of hydrogen-bond acceptors (Lipinski definition) is 3. The number of nitrogens with two attached hydrogens (primary N) is 1. The van der Waals surface area contributed by atoms with Crippen LogP contribution >= 0.6 is 0 Å². The van der Waals surface area contributed by atoms with E-state index >= 15 is 0 Å². The number of aromatic nitrogens is 2. The number of nitrogens with zero attached hydrogens (tertiary/aromatic N) is 1. The lowest BCUT2D eigenvalue weighted by molar-refractivity contribution is -0.148. The molecule has 1 aromatic heterocycles. The smallest absolute Gasteiger partial charge is 0.311 e. The van der Waals surface area contributed by atoms with Gasteiger partial charge in [0, 0.05) is 12.4 Å². The third-order valence-electron chi connectivity index (χ3n) is 2.14. The van der Waals surface area contributed by atoms with Crippen LogP contribution in [0.4, 0.5) is 0 Å². The Kier molecular flexibility index (Phi) is 2.38. The van der Waals surface area contributed by atoms with E-state index in [4.69, 9.17) is 10.8 Å². The molecule has 0 aliphatic carbocycles. The average Bonchev–Trinajstić information content (AvgIpc) is 2.54. The summed E-state index contributed by atoms with van der Waals surface area (Å²) in [5, 5.41) is 8.89. The molecule has 0 fully saturated rings. The standard InChI is InChI=1S/C8H13N3O2/c1-8(2,7(12)13)5(9)6-10-3-4-11-6/h3-5H,9H2,1-2H3,(H,10,11)(H,12,13)/t5-/m0/s1. The highest BCUT2D eigenvalue weighted by atomic mass is 16.4. The van der Waals surface area contributed by atoms with Gasteiger partial charge < -0.3 is 15.8 Å². The van der Waals surface area contributed by atoms with Crippen molar-refractivity contribution in [3.63, 3.8) is 0 Å². The lowest BCUT2D eigenvalue weighted by Gasteiger charge is -2.24. The molecular formula is C8H13N3O2. The molecule has 0 radical (unpaired) electrons. The van der Waals surface area contributed by atoms with Crippen molar-refractivity contribution in [1.29, 1.82) is 0 Å². The molecule has 0 saturated carbocycles. The van der Waals surface area contributed by atoms with Gasteiger partial charge in [-0.05, 0) is 13.8 Å². The van der Waals surface area contributed by atoms with Gasteiger partial charge in [-0.1, -0.05) is 0 Å². The maximum Gasteiger partial charge on any atom is 0.311 e. The summed E-state index contributed by atoms with van der Waals surface area (Å²) in [6.45, 7) is 3.14. The molecule has 0 saturated heterocycles. The summed E-state index contributed by atoms with van der Waals surface area (Å²) < 4.78 is 0. The van der Waals surface area contributed by atoms with E-state index in [0.29, 0.717) is 5.82 Å². The van der Waals surface area contributed by atoms with Crippen molar-refractivity contribution in [2.45, 2.75) is 19.9 Å². The number of imidazole rings is 1. The largest absolute Gasteiger partial charge is 0.481 e. The van der Waals surface area contributed by atoms with Crippen LogP contribution in [0, 0.1) is 5.41 Å². The van der Waals surface area contributed by atoms with E-state index in [0.717, 1.165) is 0 Å². The van der Waals surface area contributed by atoms with Crippen molar-refractivity contribution in [1.82, 2.24) is 9.97 Å². The Morgan fingerprint density at radius 1 is 1.77 bits per heavy atom. The van der Waals surface area contributed by atoms with Gasteiger partial charge in [-0.2, -0.15) is 0 Å². The first-order chi connectivity index (χ1) is 5.96. The summed E-state index contributed by atoms with van der Waals surface area (Å²) in [6.07, 6.45) is 3.17. The first kappa shape index (κ1) is 9.73. The minimum atomic E-state index is -1.02. The number of carboxylic acid groups (broad SMARTS) is 1. The van der Waals surface area contributed by atoms with Crippen LogP contribution in [0.2, 0.25) is 0 Å². The third-order valence-corrected chi connectivity index (χ3v) is 2.14. The Labute approximate surface area is 76.0 Å². The molecule has 0 aromatic carbocycles. The Balaban J connectivity index is 2.90. The maximum atomic E-state index is 10.8. The number of rotatable bonds is 3. The summed E-state index contributed by atoms with van der Waals surface area (Å²) in [5.41, 5.74) is 4.73. The predicted octanol–water partition coefficient (Wildman–Crippen LogP) is 0.520. The van der Waals surface area contributed by atoms with Gasteiger partial charge in [-0.3, -0.25) is 4.79 Å². The zero-order valence-electron chi connectivity index (χ0n) is 7.61. The zero-order chi connectivity index (χ0) is 10.1. The lowest BCUT2D eigenvalue weighted by atomic mass is 9.85. The molecule has 1 rings (SSSR count). The van der Waals surface area contributed by atoms with Crippen LogP contribution in [-0.4, -0.2) is 21.0 Å². The summed E-state index contributed by atoms with van der Waals surface area (Å²) in [7, 11) is 0. The lowest BCUT2D eigenvalue weighted by Crippen LogP contribution is -2.37. The number of hydrogen-bond donors (Lipinski definition) is 3. The summed E-state index contributed by atoms with van der Waals surface area (Å²) in [5.74, 6) is -0.441. The molecule has 5 nitrogen and oxygen atoms in total. The summed E-state index contributed by atoms with van der Waals surface area (Å²) in [4.78, 5) is 17.6. The summed E-state index contributed by atoms with van der Waals surface area (Å²) in [6, 6.07) is -0.625. The van der Waals surface area contributed by atoms with E-state index in [1.165, 1.54) is 0 Å². The van der Waals surface area contributed by atoms with Gasteiger partial charge in [0.1, 0.15) is 5.82 Å². The van der Waals surface area contributed by atoms with Gasteiger partial charge in [0.2, 0.25) is 0 Å². The maximum absolute atomic E-state index is 10.8. The van der Waals surface area contributed by atoms with Crippen LogP contribution in [0.25, 0.3) is 0 Å². The van der Waals surface area contributed by atoms with Crippen molar-refractivity contribution >= 4 is 5.97 Å². The van der Waals surface area contributed by atoms with Crippen LogP contribution in [0.3, 0.4) is 0 Å². The van der Waals surface area contributed by atoms with Crippen molar-refractivity contribution in [2.24, 2.45) is 11.1 Å². The normalized spacial score (nSPS) is 14.1. The monoisotopic (exact) mass is 183 g/mol. The molecule has 72 valence electrons. The SMILES string of the molecule is CC(C)(C(=O)O)[C@@H](N)c1ncc[nH]1. The number of carboxylic acids is 1. The van der Waals surface area contributed by atoms with Crippen molar-refractivity contribution in [3.8, 4) is 0 Å². The van der Waals surface area contributed by atoms with E-state index in [1.54, 1.807) is 26.2 Å². The Hall–Kier alpha value is -1.36. The number of carbonyl (C=O) groups is 1. The minimum Gasteiger partial charge on any atom is -0.481 e. The second kappa shape index (κ2) is 3.18.